The lowest BCUT2D eigenvalue weighted by atomic mass is 10.0. The number of nitrogens with one attached hydrogen (secondary N) is 2. The van der Waals surface area contributed by atoms with Crippen molar-refractivity contribution in [3.05, 3.63) is 64.7 Å². The van der Waals surface area contributed by atoms with Crippen molar-refractivity contribution in [2.24, 2.45) is 5.73 Å². The van der Waals surface area contributed by atoms with E-state index in [4.69, 9.17) is 14.7 Å². The molecule has 0 saturated heterocycles. The number of para-hydroxylation sites is 1. The smallest absolute Gasteiger partial charge is 0.259 e. The Balaban J connectivity index is 1.69. The molecule has 174 valence electrons. The molecule has 0 fully saturated rings. The number of nitrogens with two attached hydrogens (primary N) is 1. The van der Waals surface area contributed by atoms with E-state index in [0.29, 0.717) is 39.5 Å². The van der Waals surface area contributed by atoms with Crippen molar-refractivity contribution in [3.63, 3.8) is 0 Å². The number of primary amides is 1. The van der Waals surface area contributed by atoms with Crippen molar-refractivity contribution >= 4 is 34.5 Å². The van der Waals surface area contributed by atoms with E-state index in [1.807, 2.05) is 19.9 Å². The van der Waals surface area contributed by atoms with Gasteiger partial charge in [0.25, 0.3) is 17.5 Å². The van der Waals surface area contributed by atoms with E-state index in [1.54, 1.807) is 37.3 Å². The number of fused-ring (bicyclic) bond motifs is 1. The standard InChI is InChI=1S/C24H23N5O5/c1-12-10-16(14(3)33-12)19-11-17(21-13(2)29-34-24(21)28-19)23(32)27-18-7-5-4-6-15(18)22(31)26-9-8-20(25)30/h4-7,10-11H,8-9H2,1-3H3,(H2,25,30)(H,26,31)(H,27,32). The van der Waals surface area contributed by atoms with E-state index in [0.717, 1.165) is 5.56 Å². The fourth-order valence-electron chi connectivity index (χ4n) is 3.67. The lowest BCUT2D eigenvalue weighted by molar-refractivity contribution is -0.117. The first kappa shape index (κ1) is 22.7. The molecule has 4 aromatic rings. The largest absolute Gasteiger partial charge is 0.466 e. The van der Waals surface area contributed by atoms with E-state index < -0.39 is 17.7 Å². The molecule has 0 aliphatic heterocycles. The number of benzene rings is 1. The van der Waals surface area contributed by atoms with Crippen LogP contribution in [0.3, 0.4) is 0 Å². The molecule has 0 aliphatic carbocycles. The van der Waals surface area contributed by atoms with Crippen LogP contribution in [0.4, 0.5) is 5.69 Å². The van der Waals surface area contributed by atoms with Crippen molar-refractivity contribution in [3.8, 4) is 11.3 Å². The molecule has 0 unspecified atom stereocenters. The van der Waals surface area contributed by atoms with Crippen LogP contribution in [-0.2, 0) is 4.79 Å². The number of pyridine rings is 1. The minimum atomic E-state index is -0.522. The molecule has 0 radical (unpaired) electrons. The van der Waals surface area contributed by atoms with Gasteiger partial charge in [-0.25, -0.2) is 4.98 Å². The second-order valence-electron chi connectivity index (χ2n) is 7.80. The molecule has 10 heteroatoms. The topological polar surface area (TPSA) is 153 Å². The van der Waals surface area contributed by atoms with Crippen LogP contribution in [0.1, 0.15) is 44.4 Å². The zero-order chi connectivity index (χ0) is 24.4. The maximum Gasteiger partial charge on any atom is 0.259 e. The van der Waals surface area contributed by atoms with E-state index in [9.17, 15) is 14.4 Å². The van der Waals surface area contributed by atoms with Crippen LogP contribution in [-0.4, -0.2) is 34.4 Å². The van der Waals surface area contributed by atoms with Gasteiger partial charge in [0.2, 0.25) is 5.91 Å². The molecule has 4 N–H and O–H groups in total. The molecule has 3 amide bonds. The number of aryl methyl sites for hydroxylation is 3. The van der Waals surface area contributed by atoms with Gasteiger partial charge in [-0.15, -0.1) is 0 Å². The van der Waals surface area contributed by atoms with Gasteiger partial charge < -0.3 is 25.3 Å². The number of nitrogens with zero attached hydrogens (tertiary/aromatic N) is 2. The van der Waals surface area contributed by atoms with Crippen LogP contribution in [0.15, 0.2) is 45.3 Å². The monoisotopic (exact) mass is 461 g/mol. The number of carbonyl (C=O) groups excluding carboxylic acids is 3. The molecule has 0 bridgehead atoms. The summed E-state index contributed by atoms with van der Waals surface area (Å²) in [5.41, 5.74) is 7.93. The summed E-state index contributed by atoms with van der Waals surface area (Å²) >= 11 is 0. The van der Waals surface area contributed by atoms with Gasteiger partial charge in [-0.3, -0.25) is 14.4 Å². The second kappa shape index (κ2) is 9.18. The van der Waals surface area contributed by atoms with Gasteiger partial charge in [0.15, 0.2) is 0 Å². The van der Waals surface area contributed by atoms with Crippen molar-refractivity contribution in [2.45, 2.75) is 27.2 Å². The third-order valence-electron chi connectivity index (χ3n) is 5.26. The first-order chi connectivity index (χ1) is 16.2. The molecular formula is C24H23N5O5. The Morgan fingerprint density at radius 2 is 1.79 bits per heavy atom. The van der Waals surface area contributed by atoms with Gasteiger partial charge in [-0.05, 0) is 45.0 Å². The molecule has 0 spiro atoms. The zero-order valence-corrected chi connectivity index (χ0v) is 18.9. The van der Waals surface area contributed by atoms with E-state index >= 15 is 0 Å². The zero-order valence-electron chi connectivity index (χ0n) is 18.9. The Bertz CT molecular complexity index is 1420. The van der Waals surface area contributed by atoms with Gasteiger partial charge in [-0.1, -0.05) is 17.3 Å². The van der Waals surface area contributed by atoms with E-state index in [-0.39, 0.29) is 24.2 Å². The Morgan fingerprint density at radius 1 is 1.03 bits per heavy atom. The Hall–Kier alpha value is -4.47. The fourth-order valence-corrected chi connectivity index (χ4v) is 3.67. The van der Waals surface area contributed by atoms with Crippen LogP contribution < -0.4 is 16.4 Å². The molecule has 34 heavy (non-hydrogen) atoms. The lowest BCUT2D eigenvalue weighted by Crippen LogP contribution is -2.28. The molecule has 4 rings (SSSR count). The number of hydrogen-bond acceptors (Lipinski definition) is 7. The maximum atomic E-state index is 13.4. The van der Waals surface area contributed by atoms with Crippen LogP contribution in [0, 0.1) is 20.8 Å². The third kappa shape index (κ3) is 4.51. The van der Waals surface area contributed by atoms with Gasteiger partial charge >= 0.3 is 0 Å². The summed E-state index contributed by atoms with van der Waals surface area (Å²) in [6.07, 6.45) is 0.0116. The average Bonchev–Trinajstić information content (AvgIpc) is 3.34. The Morgan fingerprint density at radius 3 is 2.50 bits per heavy atom. The highest BCUT2D eigenvalue weighted by Gasteiger charge is 2.22. The number of hydrogen-bond donors (Lipinski definition) is 3. The molecule has 0 aliphatic rings. The molecular weight excluding hydrogens is 438 g/mol. The first-order valence-electron chi connectivity index (χ1n) is 10.6. The number of anilines is 1. The number of furan rings is 1. The number of rotatable bonds is 7. The van der Waals surface area contributed by atoms with Gasteiger partial charge in [0.05, 0.1) is 33.6 Å². The van der Waals surface area contributed by atoms with Crippen LogP contribution >= 0.6 is 0 Å². The summed E-state index contributed by atoms with van der Waals surface area (Å²) in [5.74, 6) is -0.0551. The predicted octanol–water partition coefficient (Wildman–Crippen LogP) is 3.27. The van der Waals surface area contributed by atoms with Crippen molar-refractivity contribution in [1.29, 1.82) is 0 Å². The average molecular weight is 461 g/mol. The quantitative estimate of drug-likeness (QED) is 0.382. The summed E-state index contributed by atoms with van der Waals surface area (Å²) in [4.78, 5) is 41.5. The van der Waals surface area contributed by atoms with Gasteiger partial charge in [-0.2, -0.15) is 0 Å². The highest BCUT2D eigenvalue weighted by molar-refractivity contribution is 6.15. The number of amides is 3. The van der Waals surface area contributed by atoms with E-state index in [1.165, 1.54) is 0 Å². The molecule has 3 aromatic heterocycles. The second-order valence-corrected chi connectivity index (χ2v) is 7.80. The Kier molecular flexibility index (Phi) is 6.13. The van der Waals surface area contributed by atoms with Crippen LogP contribution in [0.2, 0.25) is 0 Å². The van der Waals surface area contributed by atoms with Crippen molar-refractivity contribution in [2.75, 3.05) is 11.9 Å². The summed E-state index contributed by atoms with van der Waals surface area (Å²) < 4.78 is 11.0. The predicted molar refractivity (Wildman–Crippen MR) is 124 cm³/mol. The van der Waals surface area contributed by atoms with E-state index in [2.05, 4.69) is 20.8 Å². The summed E-state index contributed by atoms with van der Waals surface area (Å²) in [5, 5.41) is 9.86. The van der Waals surface area contributed by atoms with Crippen molar-refractivity contribution in [1.82, 2.24) is 15.5 Å². The highest BCUT2D eigenvalue weighted by atomic mass is 16.5. The number of aromatic nitrogens is 2. The lowest BCUT2D eigenvalue weighted by Gasteiger charge is -2.12. The fraction of sp³-hybridized carbons (Fsp3) is 0.208. The van der Waals surface area contributed by atoms with Gasteiger partial charge in [0, 0.05) is 18.5 Å². The molecule has 3 heterocycles. The summed E-state index contributed by atoms with van der Waals surface area (Å²) in [6.45, 7) is 5.45. The minimum absolute atomic E-state index is 0.0116. The molecule has 0 atom stereocenters. The SMILES string of the molecule is Cc1cc(-c2cc(C(=O)Nc3ccccc3C(=O)NCCC(N)=O)c3c(C)noc3n2)c(C)o1. The maximum absolute atomic E-state index is 13.4. The number of carbonyl (C=O) groups is 3. The minimum Gasteiger partial charge on any atom is -0.466 e. The normalized spacial score (nSPS) is 10.9. The summed E-state index contributed by atoms with van der Waals surface area (Å²) in [7, 11) is 0. The molecule has 0 saturated carbocycles. The van der Waals surface area contributed by atoms with Crippen LogP contribution in [0.5, 0.6) is 0 Å². The molecule has 1 aromatic carbocycles. The Labute approximate surface area is 194 Å². The summed E-state index contributed by atoms with van der Waals surface area (Å²) in [6, 6.07) is 10.0. The molecule has 10 nitrogen and oxygen atoms in total. The van der Waals surface area contributed by atoms with Crippen molar-refractivity contribution < 1.29 is 23.3 Å². The van der Waals surface area contributed by atoms with Crippen LogP contribution in [0.25, 0.3) is 22.4 Å². The third-order valence-corrected chi connectivity index (χ3v) is 5.26. The highest BCUT2D eigenvalue weighted by Crippen LogP contribution is 2.31. The first-order valence-corrected chi connectivity index (χ1v) is 10.6. The van der Waals surface area contributed by atoms with Gasteiger partial charge in [0.1, 0.15) is 11.5 Å².